The van der Waals surface area contributed by atoms with Crippen molar-refractivity contribution in [2.75, 3.05) is 39.3 Å². The Labute approximate surface area is 234 Å². The van der Waals surface area contributed by atoms with Crippen LogP contribution in [-0.2, 0) is 55.0 Å². The quantitative estimate of drug-likeness (QED) is 0.124. The number of nitrogens with zero attached hydrogens (tertiary/aromatic N) is 2. The molecule has 0 aliphatic carbocycles. The first-order valence-corrected chi connectivity index (χ1v) is 17.2. The topological polar surface area (TPSA) is 0 Å². The molecule has 0 saturated carbocycles. The summed E-state index contributed by atoms with van der Waals surface area (Å²) in [5, 5.41) is 0. The molecule has 0 fully saturated rings. The zero-order valence-corrected chi connectivity index (χ0v) is 26.9. The van der Waals surface area contributed by atoms with Crippen LogP contribution in [0, 0.1) is 0 Å². The third-order valence-electron chi connectivity index (χ3n) is 6.75. The molecule has 0 spiro atoms. The van der Waals surface area contributed by atoms with Crippen molar-refractivity contribution in [1.29, 1.82) is 0 Å². The van der Waals surface area contributed by atoms with E-state index in [1.54, 1.807) is 0 Å². The van der Waals surface area contributed by atoms with Gasteiger partial charge in [-0.1, -0.05) is 60.7 Å². The van der Waals surface area contributed by atoms with E-state index in [1.165, 1.54) is 72.5 Å². The van der Waals surface area contributed by atoms with Crippen molar-refractivity contribution in [3.63, 3.8) is 0 Å². The van der Waals surface area contributed by atoms with E-state index in [9.17, 15) is 0 Å². The molecule has 0 atom stereocenters. The van der Waals surface area contributed by atoms with Gasteiger partial charge in [0.25, 0.3) is 0 Å². The van der Waals surface area contributed by atoms with Crippen molar-refractivity contribution in [2.24, 2.45) is 0 Å². The molecule has 190 valence electrons. The molecule has 2 rings (SSSR count). The predicted molar refractivity (Wildman–Crippen MR) is 157 cm³/mol. The number of quaternary nitrogens is 2. The van der Waals surface area contributed by atoms with Gasteiger partial charge in [-0.2, -0.15) is 0 Å². The van der Waals surface area contributed by atoms with Crippen LogP contribution in [0.25, 0.3) is 0 Å². The van der Waals surface area contributed by atoms with Gasteiger partial charge in [-0.15, -0.1) is 0 Å². The van der Waals surface area contributed by atoms with Crippen LogP contribution >= 0.6 is 19.6 Å². The predicted octanol–water partition coefficient (Wildman–Crippen LogP) is 6.88. The van der Waals surface area contributed by atoms with E-state index in [0.29, 0.717) is 0 Å². The van der Waals surface area contributed by atoms with Crippen LogP contribution in [-0.4, -0.2) is 48.2 Å². The molecule has 0 radical (unpaired) electrons. The van der Waals surface area contributed by atoms with E-state index < -0.39 is 0 Å². The Hall–Kier alpha value is 0.188. The Balaban J connectivity index is -0.000000462. The van der Waals surface area contributed by atoms with E-state index in [1.807, 2.05) is 0 Å². The summed E-state index contributed by atoms with van der Waals surface area (Å²) >= 11 is -0.363. The van der Waals surface area contributed by atoms with Gasteiger partial charge in [0.05, 0.1) is 39.3 Å². The van der Waals surface area contributed by atoms with Gasteiger partial charge in [-0.3, -0.25) is 0 Å². The average Bonchev–Trinajstić information content (AvgIpc) is 2.83. The molecule has 0 bridgehead atoms. The van der Waals surface area contributed by atoms with Crippen molar-refractivity contribution < 1.29 is 23.9 Å². The van der Waals surface area contributed by atoms with E-state index in [-0.39, 0.29) is 41.9 Å². The van der Waals surface area contributed by atoms with E-state index in [2.05, 4.69) is 122 Å². The summed E-state index contributed by atoms with van der Waals surface area (Å²) < 4.78 is 2.40. The number of benzene rings is 2. The second-order valence-corrected chi connectivity index (χ2v) is 11.5. The van der Waals surface area contributed by atoms with Gasteiger partial charge in [0.1, 0.15) is 13.1 Å². The molecule has 0 aliphatic rings. The maximum absolute atomic E-state index is 4.34. The minimum atomic E-state index is -0.363. The van der Waals surface area contributed by atoms with Gasteiger partial charge in [-0.05, 0) is 41.5 Å². The summed E-state index contributed by atoms with van der Waals surface area (Å²) in [5.41, 5.74) is 2.91. The summed E-state index contributed by atoms with van der Waals surface area (Å²) in [4.78, 5) is 0. The second-order valence-electron chi connectivity index (χ2n) is 7.94. The van der Waals surface area contributed by atoms with Gasteiger partial charge < -0.3 is 36.0 Å². The van der Waals surface area contributed by atoms with Crippen LogP contribution in [0.15, 0.2) is 60.7 Å². The van der Waals surface area contributed by atoms with Gasteiger partial charge in [0, 0.05) is 11.1 Å². The summed E-state index contributed by atoms with van der Waals surface area (Å²) in [6, 6.07) is 21.6. The molecule has 0 unspecified atom stereocenters. The zero-order chi connectivity index (χ0) is 23.6. The van der Waals surface area contributed by atoms with Crippen molar-refractivity contribution in [3.8, 4) is 0 Å². The number of thiol groups is 2. The molecular formula is C26H46MoN2S4. The molecule has 2 aromatic carbocycles. The molecule has 2 nitrogen and oxygen atoms in total. The minimum absolute atomic E-state index is 0. The zero-order valence-electron chi connectivity index (χ0n) is 21.4. The Morgan fingerprint density at radius 2 is 0.727 bits per heavy atom. The monoisotopic (exact) mass is 612 g/mol. The molecule has 0 amide bonds. The molecule has 0 N–H and O–H groups in total. The summed E-state index contributed by atoms with van der Waals surface area (Å²) in [6.07, 6.45) is 0. The van der Waals surface area contributed by atoms with Crippen molar-refractivity contribution in [1.82, 2.24) is 0 Å². The van der Waals surface area contributed by atoms with Crippen molar-refractivity contribution >= 4 is 46.6 Å². The normalized spacial score (nSPS) is 10.2. The van der Waals surface area contributed by atoms with E-state index in [0.717, 1.165) is 0 Å². The fourth-order valence-electron chi connectivity index (χ4n) is 3.95. The van der Waals surface area contributed by atoms with Crippen LogP contribution in [0.3, 0.4) is 0 Å². The Morgan fingerprint density at radius 1 is 0.515 bits per heavy atom. The van der Waals surface area contributed by atoms with E-state index >= 15 is 0 Å². The number of rotatable bonds is 10. The number of hydrogen-bond acceptors (Lipinski definition) is 4. The fourth-order valence-corrected chi connectivity index (χ4v) is 3.95. The summed E-state index contributed by atoms with van der Waals surface area (Å²) in [5.74, 6) is 0. The SMILES string of the molecule is CC[N+](CC)(CC)Cc1ccccc1.CC[N+](CC)(CC)Cc1ccccc1.[SH-].[SH-].[S]=[Mo]=[S]. The Kier molecular flexibility index (Phi) is 25.9. The Morgan fingerprint density at radius 3 is 0.909 bits per heavy atom. The first-order valence-electron chi connectivity index (χ1n) is 11.6. The molecule has 33 heavy (non-hydrogen) atoms. The molecule has 2 aromatic rings. The van der Waals surface area contributed by atoms with Crippen LogP contribution in [0.4, 0.5) is 0 Å². The Bertz CT molecular complexity index is 642. The van der Waals surface area contributed by atoms with Crippen molar-refractivity contribution in [3.05, 3.63) is 71.8 Å². The fraction of sp³-hybridized carbons (Fsp3) is 0.538. The first kappa shape index (κ1) is 37.7. The summed E-state index contributed by atoms with van der Waals surface area (Å²) in [7, 11) is 8.68. The number of hydrogen-bond donors (Lipinski definition) is 0. The van der Waals surface area contributed by atoms with Crippen LogP contribution in [0.1, 0.15) is 52.7 Å². The molecular weight excluding hydrogens is 565 g/mol. The summed E-state index contributed by atoms with van der Waals surface area (Å²) in [6.45, 7) is 23.4. The van der Waals surface area contributed by atoms with Gasteiger partial charge >= 0.3 is 34.6 Å². The van der Waals surface area contributed by atoms with Crippen molar-refractivity contribution in [2.45, 2.75) is 54.6 Å². The van der Waals surface area contributed by atoms with Gasteiger partial charge in [0.2, 0.25) is 0 Å². The standard InChI is InChI=1S/2C13H22N.Mo.2H2S.2S/c2*1-4-14(5-2,6-3)12-13-10-8-7-9-11-13;;;;;/h2*7-11H,4-6,12H2,1-3H3;;2*1H2;;/q2*+1;;;;;/p-2. The molecule has 0 aromatic heterocycles. The molecule has 0 aliphatic heterocycles. The van der Waals surface area contributed by atoms with Gasteiger partial charge in [-0.25, -0.2) is 0 Å². The molecule has 0 saturated heterocycles. The molecule has 0 heterocycles. The first-order chi connectivity index (χ1) is 14.9. The third kappa shape index (κ3) is 15.0. The second kappa shape index (κ2) is 22.6. The average molecular weight is 611 g/mol. The van der Waals surface area contributed by atoms with Crippen LogP contribution in [0.5, 0.6) is 0 Å². The molecule has 7 heteroatoms. The maximum atomic E-state index is 4.34. The van der Waals surface area contributed by atoms with Crippen LogP contribution < -0.4 is 0 Å². The third-order valence-corrected chi connectivity index (χ3v) is 6.75. The van der Waals surface area contributed by atoms with Gasteiger partial charge in [0.15, 0.2) is 0 Å². The van der Waals surface area contributed by atoms with E-state index in [4.69, 9.17) is 0 Å². The van der Waals surface area contributed by atoms with Crippen LogP contribution in [0.2, 0.25) is 0 Å².